The molecule has 0 radical (unpaired) electrons. The van der Waals surface area contributed by atoms with Crippen molar-refractivity contribution in [1.29, 1.82) is 0 Å². The first-order chi connectivity index (χ1) is 8.56. The molecule has 0 aromatic heterocycles. The third kappa shape index (κ3) is 3.08. The maximum atomic E-state index is 2.62. The molecule has 1 saturated heterocycles. The van der Waals surface area contributed by atoms with E-state index in [0.29, 0.717) is 6.04 Å². The van der Waals surface area contributed by atoms with Crippen molar-refractivity contribution in [1.82, 2.24) is 9.80 Å². The lowest BCUT2D eigenvalue weighted by atomic mass is 9.66. The molecule has 18 heavy (non-hydrogen) atoms. The molecule has 0 unspecified atom stereocenters. The van der Waals surface area contributed by atoms with Crippen molar-refractivity contribution in [2.75, 3.05) is 26.7 Å². The van der Waals surface area contributed by atoms with Crippen molar-refractivity contribution in [3.8, 4) is 0 Å². The third-order valence-electron chi connectivity index (χ3n) is 5.77. The average molecular weight is 252 g/mol. The number of rotatable bonds is 3. The molecule has 0 amide bonds. The maximum Gasteiger partial charge on any atom is 0.00953 e. The van der Waals surface area contributed by atoms with Gasteiger partial charge in [0, 0.05) is 12.1 Å². The highest BCUT2D eigenvalue weighted by Crippen LogP contribution is 2.45. The smallest absolute Gasteiger partial charge is 0.00953 e. The molecule has 1 spiro atoms. The van der Waals surface area contributed by atoms with Gasteiger partial charge in [0.15, 0.2) is 0 Å². The van der Waals surface area contributed by atoms with E-state index in [0.717, 1.165) is 11.5 Å². The summed E-state index contributed by atoms with van der Waals surface area (Å²) in [5.41, 5.74) is 0.722. The first-order valence-corrected chi connectivity index (χ1v) is 8.00. The standard InChI is InChI=1S/C16H32N2/c1-5-18-12-10-16(11-13-18)8-6-15(7-9-16)17(4)14(2)3/h14-15H,5-13H2,1-4H3. The summed E-state index contributed by atoms with van der Waals surface area (Å²) >= 11 is 0. The first-order valence-electron chi connectivity index (χ1n) is 8.00. The van der Waals surface area contributed by atoms with Gasteiger partial charge in [-0.3, -0.25) is 0 Å². The third-order valence-corrected chi connectivity index (χ3v) is 5.77. The number of hydrogen-bond donors (Lipinski definition) is 0. The van der Waals surface area contributed by atoms with Crippen LogP contribution in [-0.4, -0.2) is 48.6 Å². The Bertz CT molecular complexity index is 244. The summed E-state index contributed by atoms with van der Waals surface area (Å²) in [4.78, 5) is 5.21. The maximum absolute atomic E-state index is 2.62. The predicted octanol–water partition coefficient (Wildman–Crippen LogP) is 3.37. The van der Waals surface area contributed by atoms with Gasteiger partial charge in [-0.05, 0) is 84.5 Å². The Morgan fingerprint density at radius 3 is 2.11 bits per heavy atom. The van der Waals surface area contributed by atoms with E-state index in [4.69, 9.17) is 0 Å². The molecule has 0 N–H and O–H groups in total. The van der Waals surface area contributed by atoms with Crippen molar-refractivity contribution < 1.29 is 0 Å². The zero-order chi connectivity index (χ0) is 13.2. The Balaban J connectivity index is 1.83. The second-order valence-corrected chi connectivity index (χ2v) is 6.92. The van der Waals surface area contributed by atoms with Gasteiger partial charge in [0.2, 0.25) is 0 Å². The molecule has 0 bridgehead atoms. The van der Waals surface area contributed by atoms with E-state index >= 15 is 0 Å². The highest BCUT2D eigenvalue weighted by Gasteiger charge is 2.38. The number of piperidine rings is 1. The van der Waals surface area contributed by atoms with Gasteiger partial charge in [0.1, 0.15) is 0 Å². The van der Waals surface area contributed by atoms with E-state index in [2.05, 4.69) is 37.6 Å². The van der Waals surface area contributed by atoms with Crippen LogP contribution < -0.4 is 0 Å². The predicted molar refractivity (Wildman–Crippen MR) is 78.9 cm³/mol. The van der Waals surface area contributed by atoms with Crippen LogP contribution in [0.5, 0.6) is 0 Å². The van der Waals surface area contributed by atoms with E-state index in [1.165, 1.54) is 58.2 Å². The second-order valence-electron chi connectivity index (χ2n) is 6.92. The summed E-state index contributed by atoms with van der Waals surface area (Å²) in [5.74, 6) is 0. The molecule has 0 atom stereocenters. The minimum atomic E-state index is 0.700. The van der Waals surface area contributed by atoms with Gasteiger partial charge < -0.3 is 9.80 Å². The van der Waals surface area contributed by atoms with Gasteiger partial charge >= 0.3 is 0 Å². The summed E-state index contributed by atoms with van der Waals surface area (Å²) in [6.07, 6.45) is 8.73. The molecule has 2 heteroatoms. The van der Waals surface area contributed by atoms with Crippen molar-refractivity contribution in [2.45, 2.75) is 71.4 Å². The SMILES string of the molecule is CCN1CCC2(CCC(N(C)C(C)C)CC2)CC1. The first kappa shape index (κ1) is 14.3. The topological polar surface area (TPSA) is 6.48 Å². The number of hydrogen-bond acceptors (Lipinski definition) is 2. The normalized spacial score (nSPS) is 26.3. The molecule has 2 aliphatic rings. The van der Waals surface area contributed by atoms with E-state index in [1.807, 2.05) is 0 Å². The highest BCUT2D eigenvalue weighted by molar-refractivity contribution is 4.92. The van der Waals surface area contributed by atoms with Crippen molar-refractivity contribution in [3.63, 3.8) is 0 Å². The van der Waals surface area contributed by atoms with Crippen molar-refractivity contribution in [2.24, 2.45) is 5.41 Å². The Labute approximate surface area is 114 Å². The molecular formula is C16H32N2. The van der Waals surface area contributed by atoms with Gasteiger partial charge in [-0.2, -0.15) is 0 Å². The minimum Gasteiger partial charge on any atom is -0.304 e. The van der Waals surface area contributed by atoms with E-state index < -0.39 is 0 Å². The number of likely N-dealkylation sites (tertiary alicyclic amines) is 1. The van der Waals surface area contributed by atoms with Crippen LogP contribution in [0.1, 0.15) is 59.3 Å². The van der Waals surface area contributed by atoms with E-state index in [1.54, 1.807) is 0 Å². The van der Waals surface area contributed by atoms with Crippen molar-refractivity contribution >= 4 is 0 Å². The average Bonchev–Trinajstić information content (AvgIpc) is 2.40. The summed E-state index contributed by atoms with van der Waals surface area (Å²) in [6, 6.07) is 1.55. The minimum absolute atomic E-state index is 0.700. The zero-order valence-corrected chi connectivity index (χ0v) is 12.9. The molecule has 1 aliphatic carbocycles. The van der Waals surface area contributed by atoms with Gasteiger partial charge in [-0.25, -0.2) is 0 Å². The van der Waals surface area contributed by atoms with Gasteiger partial charge in [-0.1, -0.05) is 6.92 Å². The Morgan fingerprint density at radius 1 is 1.11 bits per heavy atom. The van der Waals surface area contributed by atoms with Gasteiger partial charge in [0.05, 0.1) is 0 Å². The largest absolute Gasteiger partial charge is 0.304 e. The molecule has 1 aliphatic heterocycles. The highest BCUT2D eigenvalue weighted by atomic mass is 15.2. The fourth-order valence-electron chi connectivity index (χ4n) is 3.89. The molecular weight excluding hydrogens is 220 g/mol. The van der Waals surface area contributed by atoms with Crippen LogP contribution in [0.25, 0.3) is 0 Å². The fourth-order valence-corrected chi connectivity index (χ4v) is 3.89. The lowest BCUT2D eigenvalue weighted by Gasteiger charge is -2.47. The van der Waals surface area contributed by atoms with Crippen LogP contribution in [0.2, 0.25) is 0 Å². The molecule has 106 valence electrons. The fraction of sp³-hybridized carbons (Fsp3) is 1.00. The van der Waals surface area contributed by atoms with Crippen LogP contribution in [-0.2, 0) is 0 Å². The monoisotopic (exact) mass is 252 g/mol. The van der Waals surface area contributed by atoms with E-state index in [9.17, 15) is 0 Å². The lowest BCUT2D eigenvalue weighted by molar-refractivity contribution is 0.0336. The summed E-state index contributed by atoms with van der Waals surface area (Å²) in [5, 5.41) is 0. The molecule has 2 fully saturated rings. The molecule has 1 saturated carbocycles. The van der Waals surface area contributed by atoms with Gasteiger partial charge in [0.25, 0.3) is 0 Å². The van der Waals surface area contributed by atoms with Crippen LogP contribution in [0.15, 0.2) is 0 Å². The Kier molecular flexibility index (Phi) is 4.71. The van der Waals surface area contributed by atoms with Crippen molar-refractivity contribution in [3.05, 3.63) is 0 Å². The quantitative estimate of drug-likeness (QED) is 0.760. The molecule has 0 aromatic carbocycles. The molecule has 0 aromatic rings. The van der Waals surface area contributed by atoms with Crippen LogP contribution in [0, 0.1) is 5.41 Å². The summed E-state index contributed by atoms with van der Waals surface area (Å²) < 4.78 is 0. The summed E-state index contributed by atoms with van der Waals surface area (Å²) in [6.45, 7) is 10.9. The number of nitrogens with zero attached hydrogens (tertiary/aromatic N) is 2. The van der Waals surface area contributed by atoms with Gasteiger partial charge in [-0.15, -0.1) is 0 Å². The molecule has 1 heterocycles. The van der Waals surface area contributed by atoms with Crippen LogP contribution in [0.3, 0.4) is 0 Å². The molecule has 2 rings (SSSR count). The van der Waals surface area contributed by atoms with E-state index in [-0.39, 0.29) is 0 Å². The molecule has 2 nitrogen and oxygen atoms in total. The Hall–Kier alpha value is -0.0800. The van der Waals surface area contributed by atoms with Crippen LogP contribution >= 0.6 is 0 Å². The zero-order valence-electron chi connectivity index (χ0n) is 12.9. The summed E-state index contributed by atoms with van der Waals surface area (Å²) in [7, 11) is 2.31. The lowest BCUT2D eigenvalue weighted by Crippen LogP contribution is -2.46. The second kappa shape index (κ2) is 5.92. The van der Waals surface area contributed by atoms with Crippen LogP contribution in [0.4, 0.5) is 0 Å². The Morgan fingerprint density at radius 2 is 1.67 bits per heavy atom.